The number of hydrogen-bond acceptors (Lipinski definition) is 9. The first-order valence-electron chi connectivity index (χ1n) is 20.2. The van der Waals surface area contributed by atoms with E-state index >= 15 is 0 Å². The van der Waals surface area contributed by atoms with Crippen molar-refractivity contribution in [1.29, 1.82) is 0 Å². The fourth-order valence-electron chi connectivity index (χ4n) is 9.22. The lowest BCUT2D eigenvalue weighted by Gasteiger charge is -2.31. The predicted molar refractivity (Wildman–Crippen MR) is 217 cm³/mol. The highest BCUT2D eigenvalue weighted by molar-refractivity contribution is 6.07. The summed E-state index contributed by atoms with van der Waals surface area (Å²) in [5, 5.41) is 4.75. The fraction of sp³-hybridized carbons (Fsp3) is 0.477. The summed E-state index contributed by atoms with van der Waals surface area (Å²) < 4.78 is 22.5. The second kappa shape index (κ2) is 14.3. The van der Waals surface area contributed by atoms with Gasteiger partial charge in [0.15, 0.2) is 0 Å². The average Bonchev–Trinajstić information content (AvgIpc) is 3.66. The molecule has 3 aromatic carbocycles. The number of carbonyl (C=O) groups excluding carboxylic acids is 3. The van der Waals surface area contributed by atoms with Crippen molar-refractivity contribution in [2.24, 2.45) is 17.8 Å². The summed E-state index contributed by atoms with van der Waals surface area (Å²) in [7, 11) is 2.99. The number of benzene rings is 3. The van der Waals surface area contributed by atoms with Crippen LogP contribution in [0.4, 0.5) is 9.59 Å². The maximum Gasteiger partial charge on any atom is 0.410 e. The smallest absolute Gasteiger partial charge is 0.410 e. The summed E-state index contributed by atoms with van der Waals surface area (Å²) in [5.74, 6) is 2.66. The highest BCUT2D eigenvalue weighted by atomic mass is 16.6. The quantitative estimate of drug-likeness (QED) is 0.143. The van der Waals surface area contributed by atoms with Crippen molar-refractivity contribution in [3.05, 3.63) is 65.9 Å². The van der Waals surface area contributed by atoms with Crippen molar-refractivity contribution < 1.29 is 33.3 Å². The van der Waals surface area contributed by atoms with Gasteiger partial charge in [0.05, 0.1) is 48.7 Å². The minimum atomic E-state index is -0.685. The molecule has 3 amide bonds. The van der Waals surface area contributed by atoms with Crippen LogP contribution in [-0.2, 0) is 25.6 Å². The molecule has 9 rings (SSSR count). The van der Waals surface area contributed by atoms with E-state index in [1.807, 2.05) is 51.8 Å². The number of aromatic nitrogens is 4. The fourth-order valence-corrected chi connectivity index (χ4v) is 9.22. The Kier molecular flexibility index (Phi) is 9.37. The molecule has 4 aliphatic rings. The molecule has 2 saturated heterocycles. The number of methoxy groups -OCH3 is 2. The molecule has 0 radical (unpaired) electrons. The van der Waals surface area contributed by atoms with Gasteiger partial charge in [0.25, 0.3) is 0 Å². The molecule has 5 aromatic rings. The Bertz CT molecular complexity index is 2430. The number of fused-ring (bicyclic) bond motifs is 7. The molecule has 3 aliphatic heterocycles. The molecule has 6 atom stereocenters. The number of hydrogen-bond donors (Lipinski definition) is 3. The average molecular weight is 790 g/mol. The van der Waals surface area contributed by atoms with Crippen molar-refractivity contribution in [3.63, 3.8) is 0 Å². The normalized spacial score (nSPS) is 22.7. The monoisotopic (exact) mass is 789 g/mol. The van der Waals surface area contributed by atoms with E-state index in [-0.39, 0.29) is 42.0 Å². The lowest BCUT2D eigenvalue weighted by molar-refractivity contribution is -0.136. The largest absolute Gasteiger partial charge is 0.488 e. The molecular formula is C44H51N7O7. The van der Waals surface area contributed by atoms with Crippen molar-refractivity contribution in [2.75, 3.05) is 27.4 Å². The van der Waals surface area contributed by atoms with Gasteiger partial charge < -0.3 is 39.1 Å². The van der Waals surface area contributed by atoms with Crippen LogP contribution in [0.2, 0.25) is 0 Å². The molecule has 1 aliphatic carbocycles. The van der Waals surface area contributed by atoms with Gasteiger partial charge in [-0.2, -0.15) is 0 Å². The Balaban J connectivity index is 0.973. The van der Waals surface area contributed by atoms with Crippen LogP contribution >= 0.6 is 0 Å². The van der Waals surface area contributed by atoms with Crippen LogP contribution in [0.1, 0.15) is 83.2 Å². The van der Waals surface area contributed by atoms with Gasteiger partial charge in [-0.15, -0.1) is 0 Å². The van der Waals surface area contributed by atoms with Crippen LogP contribution in [0.5, 0.6) is 5.75 Å². The number of piperidine rings is 1. The molecule has 3 N–H and O–H groups in total. The Morgan fingerprint density at radius 1 is 0.983 bits per heavy atom. The molecule has 2 aromatic heterocycles. The molecule has 58 heavy (non-hydrogen) atoms. The van der Waals surface area contributed by atoms with Crippen LogP contribution < -0.4 is 10.1 Å². The van der Waals surface area contributed by atoms with Crippen molar-refractivity contribution in [2.45, 2.75) is 90.3 Å². The number of H-pyrrole nitrogens is 2. The lowest BCUT2D eigenvalue weighted by Crippen LogP contribution is -2.52. The Morgan fingerprint density at radius 2 is 1.81 bits per heavy atom. The van der Waals surface area contributed by atoms with E-state index in [1.165, 1.54) is 7.11 Å². The topological polar surface area (TPSA) is 164 Å². The van der Waals surface area contributed by atoms with E-state index in [0.717, 1.165) is 86.4 Å². The lowest BCUT2D eigenvalue weighted by atomic mass is 9.92. The first kappa shape index (κ1) is 37.9. The van der Waals surface area contributed by atoms with Gasteiger partial charge in [-0.05, 0) is 98.2 Å². The van der Waals surface area contributed by atoms with Crippen LogP contribution in [0.15, 0.2) is 48.7 Å². The third-order valence-electron chi connectivity index (χ3n) is 12.1. The van der Waals surface area contributed by atoms with Crippen LogP contribution in [0.25, 0.3) is 44.2 Å². The van der Waals surface area contributed by atoms with Gasteiger partial charge in [0.1, 0.15) is 35.6 Å². The number of rotatable bonds is 8. The number of likely N-dealkylation sites (tertiary alicyclic amines) is 2. The summed E-state index contributed by atoms with van der Waals surface area (Å²) in [6.07, 6.45) is 3.39. The summed E-state index contributed by atoms with van der Waals surface area (Å²) >= 11 is 0. The first-order chi connectivity index (χ1) is 27.8. The summed E-state index contributed by atoms with van der Waals surface area (Å²) in [6.45, 7) is 11.0. The minimum Gasteiger partial charge on any atom is -0.488 e. The molecule has 0 bridgehead atoms. The second-order valence-electron chi connectivity index (χ2n) is 17.6. The molecular weight excluding hydrogens is 739 g/mol. The van der Waals surface area contributed by atoms with E-state index in [1.54, 1.807) is 12.0 Å². The van der Waals surface area contributed by atoms with Crippen LogP contribution in [0.3, 0.4) is 0 Å². The van der Waals surface area contributed by atoms with Gasteiger partial charge in [-0.1, -0.05) is 32.0 Å². The predicted octanol–water partition coefficient (Wildman–Crippen LogP) is 7.65. The Labute approximate surface area is 337 Å². The number of aromatic amines is 2. The summed E-state index contributed by atoms with van der Waals surface area (Å²) in [5.41, 5.74) is 6.11. The molecule has 1 unspecified atom stereocenters. The summed E-state index contributed by atoms with van der Waals surface area (Å²) in [6, 6.07) is 13.8. The number of amides is 3. The summed E-state index contributed by atoms with van der Waals surface area (Å²) in [4.78, 5) is 60.0. The number of nitrogens with zero attached hydrogens (tertiary/aromatic N) is 4. The van der Waals surface area contributed by atoms with Gasteiger partial charge in [-0.25, -0.2) is 19.6 Å². The van der Waals surface area contributed by atoms with Crippen LogP contribution in [-0.4, -0.2) is 92.9 Å². The number of alkyl carbamates (subject to hydrolysis) is 1. The molecule has 3 fully saturated rings. The standard InChI is InChI=1S/C44H51N7O7/c1-22(2)37(49-42(53)56-7)41(52)51-33-15-26(33)16-35(51)39-45-18-32(47-39)25-8-10-28-27(13-25)21-57-36-17-29-24(14-30(28)36)9-11-31-38(29)48-40(46-31)34-12-23(20-55-6)19-50(34)43(54)58-44(3,4)5/h8-11,13-14,17-18,22-23,26,33-35,37H,12,15-16,19-21H2,1-7H3,(H,45,47)(H,46,48)(H,49,53)/t23-,26+,33?,34-,35-,37-/m0/s1. The van der Waals surface area contributed by atoms with Gasteiger partial charge in [0.2, 0.25) is 5.91 Å². The molecule has 14 nitrogen and oxygen atoms in total. The van der Waals surface area contributed by atoms with Gasteiger partial charge in [0, 0.05) is 36.6 Å². The van der Waals surface area contributed by atoms with E-state index in [9.17, 15) is 14.4 Å². The van der Waals surface area contributed by atoms with E-state index in [4.69, 9.17) is 28.9 Å². The van der Waals surface area contributed by atoms with E-state index in [0.29, 0.717) is 25.7 Å². The van der Waals surface area contributed by atoms with Gasteiger partial charge in [-0.3, -0.25) is 9.69 Å². The Hall–Kier alpha value is -5.63. The van der Waals surface area contributed by atoms with Crippen molar-refractivity contribution in [3.8, 4) is 28.1 Å². The molecule has 5 heterocycles. The highest BCUT2D eigenvalue weighted by Gasteiger charge is 2.56. The molecule has 0 spiro atoms. The zero-order valence-electron chi connectivity index (χ0n) is 34.0. The number of ether oxygens (including phenoxy) is 4. The zero-order chi connectivity index (χ0) is 40.6. The van der Waals surface area contributed by atoms with Gasteiger partial charge >= 0.3 is 12.2 Å². The van der Waals surface area contributed by atoms with E-state index < -0.39 is 17.7 Å². The maximum absolute atomic E-state index is 13.9. The third-order valence-corrected chi connectivity index (χ3v) is 12.1. The first-order valence-corrected chi connectivity index (χ1v) is 20.2. The second-order valence-corrected chi connectivity index (χ2v) is 17.6. The van der Waals surface area contributed by atoms with E-state index in [2.05, 4.69) is 51.7 Å². The molecule has 1 saturated carbocycles. The maximum atomic E-state index is 13.9. The number of imidazole rings is 2. The zero-order valence-corrected chi connectivity index (χ0v) is 34.0. The highest BCUT2D eigenvalue weighted by Crippen LogP contribution is 2.53. The number of carbonyl (C=O) groups is 3. The van der Waals surface area contributed by atoms with Crippen molar-refractivity contribution in [1.82, 2.24) is 35.1 Å². The van der Waals surface area contributed by atoms with Crippen LogP contribution in [0, 0.1) is 17.8 Å². The minimum absolute atomic E-state index is 0.103. The SMILES string of the molecule is COC[C@H]1C[C@@H](c2nc3c(ccc4cc5c(cc43)OCc3cc(-c4cnc([C@@H]6C[C@H]7CC7N6C(=O)[C@@H](NC(=O)OC)C(C)C)[nH]4)ccc3-5)[nH]2)N(C(=O)OC(C)(C)C)C1. The third kappa shape index (κ3) is 6.80. The molecule has 304 valence electrons. The van der Waals surface area contributed by atoms with Crippen molar-refractivity contribution >= 4 is 39.9 Å². The molecule has 14 heteroatoms. The Morgan fingerprint density at radius 3 is 2.57 bits per heavy atom. The number of nitrogens with one attached hydrogen (secondary N) is 3.